The van der Waals surface area contributed by atoms with Crippen LogP contribution in [0.5, 0.6) is 0 Å². The van der Waals surface area contributed by atoms with Crippen LogP contribution in [0.4, 0.5) is 5.13 Å². The summed E-state index contributed by atoms with van der Waals surface area (Å²) in [5, 5.41) is 1.56. The molecule has 0 atom stereocenters. The number of thiazole rings is 1. The van der Waals surface area contributed by atoms with Crippen LogP contribution in [-0.4, -0.2) is 18.1 Å². The molecule has 0 unspecified atom stereocenters. The fourth-order valence-electron chi connectivity index (χ4n) is 2.48. The zero-order valence-electron chi connectivity index (χ0n) is 11.2. The van der Waals surface area contributed by atoms with Gasteiger partial charge in [-0.25, -0.2) is 4.98 Å². The summed E-state index contributed by atoms with van der Waals surface area (Å²) in [5.41, 5.74) is 0.499. The van der Waals surface area contributed by atoms with Crippen LogP contribution in [0.2, 0.25) is 5.15 Å². The van der Waals surface area contributed by atoms with Gasteiger partial charge >= 0.3 is 0 Å². The molecular formula is C13H20Cl2N2S. The van der Waals surface area contributed by atoms with Crippen molar-refractivity contribution >= 4 is 39.7 Å². The Kier molecular flexibility index (Phi) is 4.45. The van der Waals surface area contributed by atoms with Gasteiger partial charge in [0.2, 0.25) is 0 Å². The lowest BCUT2D eigenvalue weighted by molar-refractivity contribution is 0.222. The molecule has 0 amide bonds. The van der Waals surface area contributed by atoms with E-state index < -0.39 is 0 Å². The van der Waals surface area contributed by atoms with Crippen LogP contribution >= 0.6 is 34.5 Å². The molecule has 5 heteroatoms. The summed E-state index contributed by atoms with van der Waals surface area (Å²) in [7, 11) is 2.12. The van der Waals surface area contributed by atoms with Gasteiger partial charge in [0.25, 0.3) is 0 Å². The van der Waals surface area contributed by atoms with Crippen LogP contribution in [0.1, 0.15) is 44.4 Å². The Morgan fingerprint density at radius 2 is 2.00 bits per heavy atom. The summed E-state index contributed by atoms with van der Waals surface area (Å²) in [6.07, 6.45) is 5.03. The average molecular weight is 307 g/mol. The van der Waals surface area contributed by atoms with Crippen LogP contribution in [0.15, 0.2) is 0 Å². The van der Waals surface area contributed by atoms with E-state index in [9.17, 15) is 0 Å². The molecule has 1 aromatic rings. The second kappa shape index (κ2) is 5.56. The van der Waals surface area contributed by atoms with E-state index in [4.69, 9.17) is 23.2 Å². The van der Waals surface area contributed by atoms with Crippen molar-refractivity contribution in [2.75, 3.05) is 11.9 Å². The van der Waals surface area contributed by atoms with E-state index in [1.165, 1.54) is 25.7 Å². The Morgan fingerprint density at radius 1 is 1.39 bits per heavy atom. The first-order valence-corrected chi connectivity index (χ1v) is 8.10. The number of hydrogen-bond acceptors (Lipinski definition) is 3. The summed E-state index contributed by atoms with van der Waals surface area (Å²) in [5.74, 6) is 0.446. The minimum Gasteiger partial charge on any atom is -0.348 e. The van der Waals surface area contributed by atoms with E-state index in [1.807, 2.05) is 0 Å². The third-order valence-corrected chi connectivity index (χ3v) is 5.91. The fraction of sp³-hybridized carbons (Fsp3) is 0.769. The van der Waals surface area contributed by atoms with Crippen molar-refractivity contribution in [1.29, 1.82) is 0 Å². The molecule has 1 heterocycles. The van der Waals surface area contributed by atoms with Gasteiger partial charge in [0.15, 0.2) is 5.13 Å². The summed E-state index contributed by atoms with van der Waals surface area (Å²) in [6, 6.07) is 0.586. The fourth-order valence-corrected chi connectivity index (χ4v) is 3.99. The highest BCUT2D eigenvalue weighted by Crippen LogP contribution is 2.39. The molecule has 1 fully saturated rings. The number of aromatic nitrogens is 1. The second-order valence-corrected chi connectivity index (χ2v) is 7.54. The molecule has 0 aromatic carbocycles. The van der Waals surface area contributed by atoms with Crippen LogP contribution in [0, 0.1) is 5.41 Å². The zero-order valence-corrected chi connectivity index (χ0v) is 13.5. The third-order valence-electron chi connectivity index (χ3n) is 3.92. The molecule has 2 rings (SSSR count). The van der Waals surface area contributed by atoms with Gasteiger partial charge in [-0.05, 0) is 31.1 Å². The highest BCUT2D eigenvalue weighted by molar-refractivity contribution is 7.16. The molecule has 1 aliphatic rings. The summed E-state index contributed by atoms with van der Waals surface area (Å²) >= 11 is 13.5. The first-order chi connectivity index (χ1) is 8.43. The molecule has 0 radical (unpaired) electrons. The van der Waals surface area contributed by atoms with Gasteiger partial charge in [-0.15, -0.1) is 11.6 Å². The number of hydrogen-bond donors (Lipinski definition) is 0. The maximum absolute atomic E-state index is 6.06. The quantitative estimate of drug-likeness (QED) is 0.735. The lowest BCUT2D eigenvalue weighted by Crippen LogP contribution is -2.37. The number of rotatable bonds is 3. The summed E-state index contributed by atoms with van der Waals surface area (Å²) in [6.45, 7) is 4.71. The van der Waals surface area contributed by atoms with E-state index in [0.717, 1.165) is 10.0 Å². The van der Waals surface area contributed by atoms with Gasteiger partial charge in [-0.3, -0.25) is 0 Å². The molecule has 1 aliphatic carbocycles. The van der Waals surface area contributed by atoms with Gasteiger partial charge < -0.3 is 4.90 Å². The molecule has 102 valence electrons. The molecule has 0 N–H and O–H groups in total. The standard InChI is InChI=1S/C13H20Cl2N2S/c1-13(2)6-4-9(5-7-13)17(3)12-16-11(15)10(8-14)18-12/h9H,4-8H2,1-3H3. The minimum absolute atomic E-state index is 0.446. The third kappa shape index (κ3) is 3.12. The Hall–Kier alpha value is 0.01000. The van der Waals surface area contributed by atoms with Crippen molar-refractivity contribution in [1.82, 2.24) is 4.98 Å². The second-order valence-electron chi connectivity index (χ2n) is 5.85. The van der Waals surface area contributed by atoms with Crippen LogP contribution in [0.25, 0.3) is 0 Å². The molecule has 0 aliphatic heterocycles. The lowest BCUT2D eigenvalue weighted by atomic mass is 9.75. The van der Waals surface area contributed by atoms with Gasteiger partial charge in [0, 0.05) is 13.1 Å². The molecule has 1 aromatic heterocycles. The van der Waals surface area contributed by atoms with E-state index in [1.54, 1.807) is 11.3 Å². The maximum atomic E-state index is 6.06. The van der Waals surface area contributed by atoms with Crippen molar-refractivity contribution in [2.24, 2.45) is 5.41 Å². The highest BCUT2D eigenvalue weighted by atomic mass is 35.5. The predicted molar refractivity (Wildman–Crippen MR) is 81.1 cm³/mol. The first kappa shape index (κ1) is 14.4. The van der Waals surface area contributed by atoms with Crippen molar-refractivity contribution in [3.8, 4) is 0 Å². The van der Waals surface area contributed by atoms with Gasteiger partial charge in [0.1, 0.15) is 5.15 Å². The SMILES string of the molecule is CN(c1nc(Cl)c(CCl)s1)C1CCC(C)(C)CC1. The topological polar surface area (TPSA) is 16.1 Å². The summed E-state index contributed by atoms with van der Waals surface area (Å²) in [4.78, 5) is 7.67. The number of nitrogens with zero attached hydrogens (tertiary/aromatic N) is 2. The Bertz CT molecular complexity index is 407. The monoisotopic (exact) mass is 306 g/mol. The van der Waals surface area contributed by atoms with Gasteiger partial charge in [0.05, 0.1) is 10.8 Å². The largest absolute Gasteiger partial charge is 0.348 e. The normalized spacial score (nSPS) is 20.1. The summed E-state index contributed by atoms with van der Waals surface area (Å²) < 4.78 is 0. The molecule has 1 saturated carbocycles. The van der Waals surface area contributed by atoms with Crippen molar-refractivity contribution in [2.45, 2.75) is 51.5 Å². The van der Waals surface area contributed by atoms with E-state index in [0.29, 0.717) is 22.5 Å². The molecule has 0 saturated heterocycles. The first-order valence-electron chi connectivity index (χ1n) is 6.37. The molecular weight excluding hydrogens is 287 g/mol. The van der Waals surface area contributed by atoms with Gasteiger partial charge in [-0.1, -0.05) is 36.8 Å². The van der Waals surface area contributed by atoms with Gasteiger partial charge in [-0.2, -0.15) is 0 Å². The Labute approximate surface area is 123 Å². The van der Waals surface area contributed by atoms with Crippen LogP contribution in [0.3, 0.4) is 0 Å². The van der Waals surface area contributed by atoms with Crippen molar-refractivity contribution in [3.05, 3.63) is 10.0 Å². The smallest absolute Gasteiger partial charge is 0.187 e. The van der Waals surface area contributed by atoms with Crippen LogP contribution < -0.4 is 4.90 Å². The van der Waals surface area contributed by atoms with Crippen molar-refractivity contribution in [3.63, 3.8) is 0 Å². The van der Waals surface area contributed by atoms with E-state index in [-0.39, 0.29) is 0 Å². The average Bonchev–Trinajstić information content (AvgIpc) is 2.69. The van der Waals surface area contributed by atoms with E-state index >= 15 is 0 Å². The number of alkyl halides is 1. The molecule has 18 heavy (non-hydrogen) atoms. The maximum Gasteiger partial charge on any atom is 0.187 e. The highest BCUT2D eigenvalue weighted by Gasteiger charge is 2.30. The predicted octanol–water partition coefficient (Wildman–Crippen LogP) is 4.94. The molecule has 0 bridgehead atoms. The van der Waals surface area contributed by atoms with E-state index in [2.05, 4.69) is 30.8 Å². The molecule has 0 spiro atoms. The lowest BCUT2D eigenvalue weighted by Gasteiger charge is -2.38. The number of anilines is 1. The minimum atomic E-state index is 0.446. The Morgan fingerprint density at radius 3 is 2.50 bits per heavy atom. The van der Waals surface area contributed by atoms with Crippen molar-refractivity contribution < 1.29 is 0 Å². The number of halogens is 2. The van der Waals surface area contributed by atoms with Crippen LogP contribution in [-0.2, 0) is 5.88 Å². The molecule has 2 nitrogen and oxygen atoms in total. The zero-order chi connectivity index (χ0) is 13.3. The Balaban J connectivity index is 2.05.